The van der Waals surface area contributed by atoms with Crippen molar-refractivity contribution in [3.63, 3.8) is 0 Å². The van der Waals surface area contributed by atoms with Crippen LogP contribution in [0.15, 0.2) is 36.5 Å². The second-order valence-corrected chi connectivity index (χ2v) is 5.64. The highest BCUT2D eigenvalue weighted by molar-refractivity contribution is 5.94. The van der Waals surface area contributed by atoms with Crippen molar-refractivity contribution < 1.29 is 9.18 Å². The fourth-order valence-electron chi connectivity index (χ4n) is 2.69. The minimum atomic E-state index is -0.365. The first-order valence-corrected chi connectivity index (χ1v) is 7.58. The first-order chi connectivity index (χ1) is 11.6. The standard InChI is InChI=1S/C17H14FN5O/c1-10-2-3-11(12(18)8-10)16-19-5-4-13(21-16)14-9-15-17(24)20-6-7-23(15)22-14/h2-5,8-9H,6-7H2,1H3,(H,20,24). The van der Waals surface area contributed by atoms with E-state index >= 15 is 0 Å². The summed E-state index contributed by atoms with van der Waals surface area (Å²) in [5.41, 5.74) is 2.79. The summed E-state index contributed by atoms with van der Waals surface area (Å²) in [6.07, 6.45) is 1.56. The number of aryl methyl sites for hydroxylation is 1. The van der Waals surface area contributed by atoms with Crippen LogP contribution in [-0.2, 0) is 6.54 Å². The molecule has 0 radical (unpaired) electrons. The van der Waals surface area contributed by atoms with Gasteiger partial charge in [0.15, 0.2) is 5.82 Å². The van der Waals surface area contributed by atoms with E-state index < -0.39 is 0 Å². The predicted molar refractivity (Wildman–Crippen MR) is 85.7 cm³/mol. The van der Waals surface area contributed by atoms with Crippen LogP contribution in [-0.4, -0.2) is 32.2 Å². The summed E-state index contributed by atoms with van der Waals surface area (Å²) in [5, 5.41) is 7.19. The maximum absolute atomic E-state index is 14.2. The molecule has 1 amide bonds. The third-order valence-electron chi connectivity index (χ3n) is 3.91. The molecule has 0 saturated heterocycles. The quantitative estimate of drug-likeness (QED) is 0.785. The number of aromatic nitrogens is 4. The van der Waals surface area contributed by atoms with Gasteiger partial charge in [0.05, 0.1) is 17.8 Å². The predicted octanol–water partition coefficient (Wildman–Crippen LogP) is 2.20. The van der Waals surface area contributed by atoms with E-state index in [1.807, 2.05) is 13.0 Å². The van der Waals surface area contributed by atoms with Crippen LogP contribution in [0.4, 0.5) is 4.39 Å². The summed E-state index contributed by atoms with van der Waals surface area (Å²) >= 11 is 0. The Bertz CT molecular complexity index is 950. The highest BCUT2D eigenvalue weighted by Gasteiger charge is 2.20. The molecule has 0 saturated carbocycles. The Morgan fingerprint density at radius 2 is 2.08 bits per heavy atom. The van der Waals surface area contributed by atoms with E-state index in [4.69, 9.17) is 0 Å². The molecule has 1 N–H and O–H groups in total. The molecule has 0 fully saturated rings. The second kappa shape index (κ2) is 5.52. The van der Waals surface area contributed by atoms with Crippen LogP contribution in [0.1, 0.15) is 16.1 Å². The Hall–Kier alpha value is -3.09. The Morgan fingerprint density at radius 1 is 1.21 bits per heavy atom. The number of halogens is 1. The van der Waals surface area contributed by atoms with E-state index in [1.54, 1.807) is 29.1 Å². The molecular formula is C17H14FN5O. The number of carbonyl (C=O) groups is 1. The molecule has 3 heterocycles. The van der Waals surface area contributed by atoms with Crippen molar-refractivity contribution >= 4 is 5.91 Å². The normalized spacial score (nSPS) is 13.5. The second-order valence-electron chi connectivity index (χ2n) is 5.64. The van der Waals surface area contributed by atoms with Crippen molar-refractivity contribution in [2.75, 3.05) is 6.54 Å². The van der Waals surface area contributed by atoms with Crippen LogP contribution in [0.25, 0.3) is 22.8 Å². The van der Waals surface area contributed by atoms with Gasteiger partial charge in [0.25, 0.3) is 5.91 Å². The van der Waals surface area contributed by atoms with Gasteiger partial charge in [0.1, 0.15) is 17.2 Å². The summed E-state index contributed by atoms with van der Waals surface area (Å²) in [6, 6.07) is 8.31. The van der Waals surface area contributed by atoms with Gasteiger partial charge in [-0.05, 0) is 36.8 Å². The van der Waals surface area contributed by atoms with Crippen molar-refractivity contribution in [3.8, 4) is 22.8 Å². The lowest BCUT2D eigenvalue weighted by atomic mass is 10.1. The smallest absolute Gasteiger partial charge is 0.269 e. The molecule has 120 valence electrons. The van der Waals surface area contributed by atoms with Gasteiger partial charge < -0.3 is 5.32 Å². The topological polar surface area (TPSA) is 72.7 Å². The zero-order valence-corrected chi connectivity index (χ0v) is 13.0. The van der Waals surface area contributed by atoms with Crippen LogP contribution < -0.4 is 5.32 Å². The summed E-state index contributed by atoms with van der Waals surface area (Å²) in [6.45, 7) is 2.99. The van der Waals surface area contributed by atoms with Crippen molar-refractivity contribution in [2.45, 2.75) is 13.5 Å². The SMILES string of the molecule is Cc1ccc(-c2nccc(-c3cc4n(n3)CCNC4=O)n2)c(F)c1. The lowest BCUT2D eigenvalue weighted by Gasteiger charge is -2.13. The largest absolute Gasteiger partial charge is 0.349 e. The third kappa shape index (κ3) is 2.44. The minimum absolute atomic E-state index is 0.154. The molecule has 0 bridgehead atoms. The molecule has 24 heavy (non-hydrogen) atoms. The fraction of sp³-hybridized carbons (Fsp3) is 0.176. The summed E-state index contributed by atoms with van der Waals surface area (Å²) in [4.78, 5) is 20.4. The van der Waals surface area contributed by atoms with Gasteiger partial charge in [0, 0.05) is 12.7 Å². The maximum atomic E-state index is 14.2. The summed E-state index contributed by atoms with van der Waals surface area (Å²) in [5.74, 6) is -0.227. The van der Waals surface area contributed by atoms with Gasteiger partial charge in [0.2, 0.25) is 0 Å². The van der Waals surface area contributed by atoms with Crippen LogP contribution >= 0.6 is 0 Å². The molecule has 0 atom stereocenters. The van der Waals surface area contributed by atoms with Gasteiger partial charge in [-0.1, -0.05) is 6.07 Å². The zero-order chi connectivity index (χ0) is 16.7. The van der Waals surface area contributed by atoms with E-state index in [2.05, 4.69) is 20.4 Å². The average molecular weight is 323 g/mol. The number of benzene rings is 1. The van der Waals surface area contributed by atoms with Crippen LogP contribution in [0.5, 0.6) is 0 Å². The van der Waals surface area contributed by atoms with Crippen molar-refractivity contribution in [1.82, 2.24) is 25.1 Å². The number of nitrogens with one attached hydrogen (secondary N) is 1. The number of hydrogen-bond donors (Lipinski definition) is 1. The Morgan fingerprint density at radius 3 is 2.88 bits per heavy atom. The molecule has 4 rings (SSSR count). The Labute approximate surface area is 137 Å². The molecule has 0 spiro atoms. The van der Waals surface area contributed by atoms with Gasteiger partial charge >= 0.3 is 0 Å². The zero-order valence-electron chi connectivity index (χ0n) is 13.0. The molecule has 1 aromatic carbocycles. The molecule has 0 unspecified atom stereocenters. The molecule has 7 heteroatoms. The average Bonchev–Trinajstić information content (AvgIpc) is 3.01. The highest BCUT2D eigenvalue weighted by atomic mass is 19.1. The van der Waals surface area contributed by atoms with Crippen molar-refractivity contribution in [1.29, 1.82) is 0 Å². The Kier molecular flexibility index (Phi) is 3.34. The van der Waals surface area contributed by atoms with Gasteiger partial charge in [-0.2, -0.15) is 5.10 Å². The maximum Gasteiger partial charge on any atom is 0.269 e. The molecular weight excluding hydrogens is 309 g/mol. The molecule has 6 nitrogen and oxygen atoms in total. The molecule has 3 aromatic rings. The number of rotatable bonds is 2. The monoisotopic (exact) mass is 323 g/mol. The fourth-order valence-corrected chi connectivity index (χ4v) is 2.69. The third-order valence-corrected chi connectivity index (χ3v) is 3.91. The van der Waals surface area contributed by atoms with E-state index in [-0.39, 0.29) is 11.7 Å². The van der Waals surface area contributed by atoms with E-state index in [9.17, 15) is 9.18 Å². The molecule has 2 aromatic heterocycles. The van der Waals surface area contributed by atoms with Crippen LogP contribution in [0.2, 0.25) is 0 Å². The van der Waals surface area contributed by atoms with E-state index in [0.717, 1.165) is 5.56 Å². The number of nitrogens with zero attached hydrogens (tertiary/aromatic N) is 4. The lowest BCUT2D eigenvalue weighted by molar-refractivity contribution is 0.0924. The van der Waals surface area contributed by atoms with Crippen LogP contribution in [0, 0.1) is 12.7 Å². The van der Waals surface area contributed by atoms with Gasteiger partial charge in [-0.3, -0.25) is 9.48 Å². The van der Waals surface area contributed by atoms with Gasteiger partial charge in [-0.15, -0.1) is 0 Å². The van der Waals surface area contributed by atoms with Gasteiger partial charge in [-0.25, -0.2) is 14.4 Å². The Balaban J connectivity index is 1.77. The first-order valence-electron chi connectivity index (χ1n) is 7.58. The number of hydrogen-bond acceptors (Lipinski definition) is 4. The summed E-state index contributed by atoms with van der Waals surface area (Å²) in [7, 11) is 0. The lowest BCUT2D eigenvalue weighted by Crippen LogP contribution is -2.35. The molecule has 1 aliphatic heterocycles. The summed E-state index contributed by atoms with van der Waals surface area (Å²) < 4.78 is 15.8. The van der Waals surface area contributed by atoms with E-state index in [1.165, 1.54) is 6.07 Å². The first kappa shape index (κ1) is 14.5. The molecule has 0 aliphatic carbocycles. The van der Waals surface area contributed by atoms with E-state index in [0.29, 0.717) is 41.6 Å². The number of carbonyl (C=O) groups excluding carboxylic acids is 1. The number of fused-ring (bicyclic) bond motifs is 1. The minimum Gasteiger partial charge on any atom is -0.349 e. The van der Waals surface area contributed by atoms with Crippen molar-refractivity contribution in [2.24, 2.45) is 0 Å². The van der Waals surface area contributed by atoms with Crippen LogP contribution in [0.3, 0.4) is 0 Å². The molecule has 1 aliphatic rings. The number of amides is 1. The van der Waals surface area contributed by atoms with Crippen molar-refractivity contribution in [3.05, 3.63) is 53.6 Å². The highest BCUT2D eigenvalue weighted by Crippen LogP contribution is 2.24.